The lowest BCUT2D eigenvalue weighted by Gasteiger charge is -2.04. The zero-order chi connectivity index (χ0) is 17.2. The van der Waals surface area contributed by atoms with Crippen LogP contribution in [0.4, 0.5) is 0 Å². The summed E-state index contributed by atoms with van der Waals surface area (Å²) in [5, 5.41) is 8.89. The Morgan fingerprint density at radius 2 is 2.04 bits per heavy atom. The van der Waals surface area contributed by atoms with Gasteiger partial charge in [-0.1, -0.05) is 0 Å². The molecule has 2 aromatic carbocycles. The third-order valence-electron chi connectivity index (χ3n) is 3.79. The second-order valence-corrected chi connectivity index (χ2v) is 5.47. The molecule has 0 saturated heterocycles. The van der Waals surface area contributed by atoms with Crippen molar-refractivity contribution < 1.29 is 14.6 Å². The number of aromatic carboxylic acids is 1. The van der Waals surface area contributed by atoms with Crippen LogP contribution in [0.5, 0.6) is 5.75 Å². The Balaban J connectivity index is 1.51. The van der Waals surface area contributed by atoms with Gasteiger partial charge >= 0.3 is 5.97 Å². The van der Waals surface area contributed by atoms with Crippen LogP contribution in [0.15, 0.2) is 61.2 Å². The largest absolute Gasteiger partial charge is 0.486 e. The van der Waals surface area contributed by atoms with Gasteiger partial charge in [-0.05, 0) is 42.5 Å². The van der Waals surface area contributed by atoms with Crippen LogP contribution in [-0.2, 0) is 6.61 Å². The molecule has 0 aliphatic heterocycles. The van der Waals surface area contributed by atoms with Crippen molar-refractivity contribution >= 4 is 17.0 Å². The molecule has 7 nitrogen and oxygen atoms in total. The van der Waals surface area contributed by atoms with E-state index in [9.17, 15) is 4.79 Å². The minimum absolute atomic E-state index is 0.225. The average Bonchev–Trinajstić information content (AvgIpc) is 3.29. The first-order valence-corrected chi connectivity index (χ1v) is 7.62. The molecule has 25 heavy (non-hydrogen) atoms. The molecule has 0 amide bonds. The fraction of sp³-hybridized carbons (Fsp3) is 0.0556. The topological polar surface area (TPSA) is 93.0 Å². The number of imidazole rings is 2. The zero-order valence-corrected chi connectivity index (χ0v) is 13.1. The molecule has 0 saturated carbocycles. The first-order chi connectivity index (χ1) is 12.2. The van der Waals surface area contributed by atoms with Crippen LogP contribution >= 0.6 is 0 Å². The lowest BCUT2D eigenvalue weighted by molar-refractivity contribution is 0.0697. The number of H-pyrrole nitrogens is 1. The molecular formula is C18H14N4O3. The monoisotopic (exact) mass is 334 g/mol. The number of carbonyl (C=O) groups is 1. The van der Waals surface area contributed by atoms with Crippen molar-refractivity contribution in [2.45, 2.75) is 6.61 Å². The Kier molecular flexibility index (Phi) is 3.66. The van der Waals surface area contributed by atoms with E-state index in [1.165, 1.54) is 12.1 Å². The van der Waals surface area contributed by atoms with Gasteiger partial charge in [-0.25, -0.2) is 14.8 Å². The predicted molar refractivity (Wildman–Crippen MR) is 90.9 cm³/mol. The molecule has 0 unspecified atom stereocenters. The third kappa shape index (κ3) is 3.07. The highest BCUT2D eigenvalue weighted by atomic mass is 16.5. The number of nitrogens with zero attached hydrogens (tertiary/aromatic N) is 3. The van der Waals surface area contributed by atoms with E-state index >= 15 is 0 Å². The molecule has 2 heterocycles. The van der Waals surface area contributed by atoms with E-state index in [1.807, 2.05) is 29.0 Å². The van der Waals surface area contributed by atoms with Gasteiger partial charge in [-0.3, -0.25) is 0 Å². The lowest BCUT2D eigenvalue weighted by atomic mass is 10.2. The number of benzene rings is 2. The molecule has 4 rings (SSSR count). The van der Waals surface area contributed by atoms with Crippen LogP contribution in [0, 0.1) is 0 Å². The molecule has 0 atom stereocenters. The molecule has 124 valence electrons. The summed E-state index contributed by atoms with van der Waals surface area (Å²) in [5.74, 6) is 0.321. The highest BCUT2D eigenvalue weighted by molar-refractivity contribution is 5.87. The molecule has 0 fully saturated rings. The maximum absolute atomic E-state index is 10.8. The summed E-state index contributed by atoms with van der Waals surface area (Å²) in [5.41, 5.74) is 2.98. The van der Waals surface area contributed by atoms with Gasteiger partial charge in [0.1, 0.15) is 18.2 Å². The molecule has 0 spiro atoms. The van der Waals surface area contributed by atoms with E-state index < -0.39 is 5.97 Å². The van der Waals surface area contributed by atoms with Crippen molar-refractivity contribution in [3.8, 4) is 11.4 Å². The van der Waals surface area contributed by atoms with Gasteiger partial charge in [0.25, 0.3) is 0 Å². The summed E-state index contributed by atoms with van der Waals surface area (Å²) in [6.45, 7) is 0.265. The first-order valence-electron chi connectivity index (χ1n) is 7.62. The van der Waals surface area contributed by atoms with Crippen molar-refractivity contribution in [3.63, 3.8) is 0 Å². The first kappa shape index (κ1) is 14.9. The summed E-state index contributed by atoms with van der Waals surface area (Å²) in [4.78, 5) is 22.6. The number of rotatable bonds is 5. The fourth-order valence-electron chi connectivity index (χ4n) is 2.54. The van der Waals surface area contributed by atoms with Crippen molar-refractivity contribution in [2.75, 3.05) is 0 Å². The Bertz CT molecular complexity index is 1020. The van der Waals surface area contributed by atoms with Crippen LogP contribution in [-0.4, -0.2) is 30.6 Å². The van der Waals surface area contributed by atoms with Gasteiger partial charge in [0.15, 0.2) is 0 Å². The Morgan fingerprint density at radius 1 is 1.20 bits per heavy atom. The highest BCUT2D eigenvalue weighted by Gasteiger charge is 2.07. The average molecular weight is 334 g/mol. The summed E-state index contributed by atoms with van der Waals surface area (Å²) in [6.07, 6.45) is 5.34. The maximum atomic E-state index is 10.8. The van der Waals surface area contributed by atoms with Crippen molar-refractivity contribution in [2.24, 2.45) is 0 Å². The van der Waals surface area contributed by atoms with Gasteiger partial charge in [0.05, 0.1) is 22.9 Å². The summed E-state index contributed by atoms with van der Waals surface area (Å²) < 4.78 is 7.57. The van der Waals surface area contributed by atoms with Crippen molar-refractivity contribution in [1.29, 1.82) is 0 Å². The molecule has 2 aromatic heterocycles. The number of ether oxygens (including phenoxy) is 1. The summed E-state index contributed by atoms with van der Waals surface area (Å²) in [6, 6.07) is 12.2. The molecule has 0 bridgehead atoms. The van der Waals surface area contributed by atoms with Gasteiger partial charge in [-0.15, -0.1) is 0 Å². The van der Waals surface area contributed by atoms with E-state index in [0.29, 0.717) is 11.6 Å². The fourth-order valence-corrected chi connectivity index (χ4v) is 2.54. The predicted octanol–water partition coefficient (Wildman–Crippen LogP) is 3.03. The van der Waals surface area contributed by atoms with Crippen LogP contribution in [0.3, 0.4) is 0 Å². The minimum Gasteiger partial charge on any atom is -0.486 e. The Morgan fingerprint density at radius 3 is 2.76 bits per heavy atom. The van der Waals surface area contributed by atoms with Gasteiger partial charge in [-0.2, -0.15) is 0 Å². The van der Waals surface area contributed by atoms with E-state index in [4.69, 9.17) is 9.84 Å². The normalized spacial score (nSPS) is 10.9. The maximum Gasteiger partial charge on any atom is 0.335 e. The molecule has 7 heteroatoms. The van der Waals surface area contributed by atoms with Crippen molar-refractivity contribution in [1.82, 2.24) is 19.5 Å². The van der Waals surface area contributed by atoms with E-state index in [0.717, 1.165) is 16.7 Å². The van der Waals surface area contributed by atoms with Gasteiger partial charge in [0, 0.05) is 18.1 Å². The SMILES string of the molecule is O=C(O)c1ccc(OCc2nc3ccc(-n4ccnc4)cc3[nH]2)cc1. The number of aromatic nitrogens is 4. The molecule has 2 N–H and O–H groups in total. The van der Waals surface area contributed by atoms with Crippen molar-refractivity contribution in [3.05, 3.63) is 72.6 Å². The molecule has 0 aliphatic rings. The van der Waals surface area contributed by atoms with Gasteiger partial charge < -0.3 is 19.4 Å². The zero-order valence-electron chi connectivity index (χ0n) is 13.1. The molecule has 4 aromatic rings. The number of carboxylic acids is 1. The van der Waals surface area contributed by atoms with E-state index in [1.54, 1.807) is 24.7 Å². The second-order valence-electron chi connectivity index (χ2n) is 5.47. The van der Waals surface area contributed by atoms with Crippen LogP contribution in [0.2, 0.25) is 0 Å². The molecule has 0 radical (unpaired) electrons. The van der Waals surface area contributed by atoms with Crippen LogP contribution < -0.4 is 4.74 Å². The summed E-state index contributed by atoms with van der Waals surface area (Å²) >= 11 is 0. The number of carboxylic acid groups (broad SMARTS) is 1. The molecule has 0 aliphatic carbocycles. The number of aromatic amines is 1. The smallest absolute Gasteiger partial charge is 0.335 e. The highest BCUT2D eigenvalue weighted by Crippen LogP contribution is 2.18. The number of hydrogen-bond acceptors (Lipinski definition) is 4. The van der Waals surface area contributed by atoms with Gasteiger partial charge in [0.2, 0.25) is 0 Å². The summed E-state index contributed by atoms with van der Waals surface area (Å²) in [7, 11) is 0. The standard InChI is InChI=1S/C18H14N4O3/c23-18(24)12-1-4-14(5-2-12)25-10-17-20-15-6-3-13(9-16(15)21-17)22-8-7-19-11-22/h1-9,11H,10H2,(H,20,21)(H,23,24). The third-order valence-corrected chi connectivity index (χ3v) is 3.79. The molecular weight excluding hydrogens is 320 g/mol. The number of fused-ring (bicyclic) bond motifs is 1. The van der Waals surface area contributed by atoms with Crippen LogP contribution in [0.1, 0.15) is 16.2 Å². The minimum atomic E-state index is -0.961. The van der Waals surface area contributed by atoms with E-state index in [2.05, 4.69) is 15.0 Å². The quantitative estimate of drug-likeness (QED) is 0.585. The number of nitrogens with one attached hydrogen (secondary N) is 1. The van der Waals surface area contributed by atoms with Crippen LogP contribution in [0.25, 0.3) is 16.7 Å². The Hall–Kier alpha value is -3.61. The van der Waals surface area contributed by atoms with E-state index in [-0.39, 0.29) is 12.2 Å². The number of hydrogen-bond donors (Lipinski definition) is 2. The second kappa shape index (κ2) is 6.12. The Labute approximate surface area is 142 Å². The lowest BCUT2D eigenvalue weighted by Crippen LogP contribution is -1.99.